The maximum atomic E-state index is 13.2. The molecule has 2 rings (SSSR count). The first kappa shape index (κ1) is 12.1. The Balaban J connectivity index is 2.16. The number of carbonyl (C=O) groups excluding carboxylic acids is 1. The van der Waals surface area contributed by atoms with Crippen molar-refractivity contribution in [2.45, 2.75) is 6.92 Å². The van der Waals surface area contributed by atoms with Crippen LogP contribution in [0.5, 0.6) is 0 Å². The quantitative estimate of drug-likeness (QED) is 0.798. The molecule has 2 aromatic rings. The summed E-state index contributed by atoms with van der Waals surface area (Å²) in [6.07, 6.45) is 0. The van der Waals surface area contributed by atoms with Gasteiger partial charge in [0.2, 0.25) is 0 Å². The van der Waals surface area contributed by atoms with Crippen molar-refractivity contribution < 1.29 is 9.18 Å². The van der Waals surface area contributed by atoms with Crippen molar-refractivity contribution in [2.75, 3.05) is 11.1 Å². The van der Waals surface area contributed by atoms with Crippen LogP contribution in [0.15, 0.2) is 42.5 Å². The highest BCUT2D eigenvalue weighted by molar-refractivity contribution is 6.04. The van der Waals surface area contributed by atoms with E-state index in [9.17, 15) is 9.18 Å². The van der Waals surface area contributed by atoms with Crippen LogP contribution in [0.4, 0.5) is 15.8 Å². The van der Waals surface area contributed by atoms with Gasteiger partial charge in [-0.25, -0.2) is 4.39 Å². The lowest BCUT2D eigenvalue weighted by Crippen LogP contribution is -2.12. The van der Waals surface area contributed by atoms with Crippen LogP contribution in [0, 0.1) is 12.7 Å². The van der Waals surface area contributed by atoms with Crippen LogP contribution in [0.3, 0.4) is 0 Å². The molecule has 0 aliphatic heterocycles. The summed E-state index contributed by atoms with van der Waals surface area (Å²) in [4.78, 5) is 11.9. The van der Waals surface area contributed by atoms with Gasteiger partial charge in [-0.3, -0.25) is 4.79 Å². The van der Waals surface area contributed by atoms with Gasteiger partial charge in [0.05, 0.1) is 5.69 Å². The monoisotopic (exact) mass is 244 g/mol. The van der Waals surface area contributed by atoms with Crippen molar-refractivity contribution in [1.29, 1.82) is 0 Å². The first-order chi connectivity index (χ1) is 8.56. The Morgan fingerprint density at radius 2 is 1.83 bits per heavy atom. The minimum atomic E-state index is -0.545. The van der Waals surface area contributed by atoms with E-state index in [0.717, 1.165) is 5.56 Å². The number of carbonyl (C=O) groups is 1. The second-order valence-corrected chi connectivity index (χ2v) is 4.06. The fraction of sp³-hybridized carbons (Fsp3) is 0.0714. The van der Waals surface area contributed by atoms with Gasteiger partial charge < -0.3 is 11.1 Å². The van der Waals surface area contributed by atoms with Gasteiger partial charge in [0.15, 0.2) is 0 Å². The summed E-state index contributed by atoms with van der Waals surface area (Å²) < 4.78 is 13.2. The molecule has 92 valence electrons. The van der Waals surface area contributed by atoms with E-state index in [4.69, 9.17) is 5.73 Å². The van der Waals surface area contributed by atoms with E-state index >= 15 is 0 Å². The molecule has 0 saturated carbocycles. The lowest BCUT2D eigenvalue weighted by molar-refractivity contribution is 0.102. The number of aryl methyl sites for hydroxylation is 1. The molecule has 0 atom stereocenters. The third-order valence-corrected chi connectivity index (χ3v) is 2.57. The minimum Gasteiger partial charge on any atom is -0.396 e. The molecule has 0 saturated heterocycles. The molecule has 3 N–H and O–H groups in total. The summed E-state index contributed by atoms with van der Waals surface area (Å²) >= 11 is 0. The standard InChI is InChI=1S/C14H13FN2O/c1-9-2-4-10(5-3-9)14(18)17-11-6-7-13(16)12(15)8-11/h2-8H,16H2,1H3,(H,17,18). The second kappa shape index (κ2) is 4.87. The van der Waals surface area contributed by atoms with Gasteiger partial charge in [0.1, 0.15) is 5.82 Å². The van der Waals surface area contributed by atoms with Crippen molar-refractivity contribution in [2.24, 2.45) is 0 Å². The predicted octanol–water partition coefficient (Wildman–Crippen LogP) is 2.97. The number of rotatable bonds is 2. The van der Waals surface area contributed by atoms with Crippen LogP contribution in [-0.2, 0) is 0 Å². The summed E-state index contributed by atoms with van der Waals surface area (Å²) in [5.41, 5.74) is 7.40. The summed E-state index contributed by atoms with van der Waals surface area (Å²) in [6, 6.07) is 11.3. The Morgan fingerprint density at radius 3 is 2.44 bits per heavy atom. The predicted molar refractivity (Wildman–Crippen MR) is 69.9 cm³/mol. The summed E-state index contributed by atoms with van der Waals surface area (Å²) in [6.45, 7) is 1.94. The van der Waals surface area contributed by atoms with Crippen LogP contribution in [0.2, 0.25) is 0 Å². The second-order valence-electron chi connectivity index (χ2n) is 4.06. The van der Waals surface area contributed by atoms with E-state index in [0.29, 0.717) is 11.3 Å². The summed E-state index contributed by atoms with van der Waals surface area (Å²) in [7, 11) is 0. The molecule has 18 heavy (non-hydrogen) atoms. The first-order valence-electron chi connectivity index (χ1n) is 5.49. The molecular weight excluding hydrogens is 231 g/mol. The Bertz CT molecular complexity index is 579. The molecule has 0 aromatic heterocycles. The van der Waals surface area contributed by atoms with Crippen molar-refractivity contribution in [3.05, 3.63) is 59.4 Å². The van der Waals surface area contributed by atoms with Gasteiger partial charge in [-0.05, 0) is 37.3 Å². The maximum Gasteiger partial charge on any atom is 0.255 e. The zero-order valence-electron chi connectivity index (χ0n) is 9.91. The maximum absolute atomic E-state index is 13.2. The molecular formula is C14H13FN2O. The topological polar surface area (TPSA) is 55.1 Å². The number of anilines is 2. The molecule has 0 unspecified atom stereocenters. The number of hydrogen-bond acceptors (Lipinski definition) is 2. The highest BCUT2D eigenvalue weighted by atomic mass is 19.1. The Morgan fingerprint density at radius 1 is 1.17 bits per heavy atom. The molecule has 3 nitrogen and oxygen atoms in total. The number of nitrogens with two attached hydrogens (primary N) is 1. The molecule has 0 aliphatic rings. The molecule has 0 fully saturated rings. The summed E-state index contributed by atoms with van der Waals surface area (Å²) in [5.74, 6) is -0.823. The number of nitrogen functional groups attached to an aromatic ring is 1. The zero-order valence-corrected chi connectivity index (χ0v) is 9.91. The molecule has 0 radical (unpaired) electrons. The number of halogens is 1. The molecule has 2 aromatic carbocycles. The highest BCUT2D eigenvalue weighted by Gasteiger charge is 2.07. The van der Waals surface area contributed by atoms with Gasteiger partial charge in [-0.2, -0.15) is 0 Å². The highest BCUT2D eigenvalue weighted by Crippen LogP contribution is 2.16. The van der Waals surface area contributed by atoms with E-state index in [2.05, 4.69) is 5.32 Å². The van der Waals surface area contributed by atoms with Gasteiger partial charge in [0.25, 0.3) is 5.91 Å². The fourth-order valence-electron chi connectivity index (χ4n) is 1.51. The normalized spacial score (nSPS) is 10.1. The average molecular weight is 244 g/mol. The van der Waals surface area contributed by atoms with Crippen molar-refractivity contribution in [1.82, 2.24) is 0 Å². The van der Waals surface area contributed by atoms with Crippen molar-refractivity contribution in [3.8, 4) is 0 Å². The van der Waals surface area contributed by atoms with E-state index in [1.807, 2.05) is 19.1 Å². The molecule has 0 aliphatic carbocycles. The van der Waals surface area contributed by atoms with Gasteiger partial charge in [-0.15, -0.1) is 0 Å². The number of amides is 1. The molecule has 1 amide bonds. The van der Waals surface area contributed by atoms with E-state index in [1.54, 1.807) is 18.2 Å². The SMILES string of the molecule is Cc1ccc(C(=O)Nc2ccc(N)c(F)c2)cc1. The van der Waals surface area contributed by atoms with E-state index < -0.39 is 5.82 Å². The zero-order chi connectivity index (χ0) is 13.1. The lowest BCUT2D eigenvalue weighted by atomic mass is 10.1. The van der Waals surface area contributed by atoms with Gasteiger partial charge in [-0.1, -0.05) is 17.7 Å². The number of nitrogens with one attached hydrogen (secondary N) is 1. The largest absolute Gasteiger partial charge is 0.396 e. The number of hydrogen-bond donors (Lipinski definition) is 2. The molecule has 4 heteroatoms. The lowest BCUT2D eigenvalue weighted by Gasteiger charge is -2.06. The fourth-order valence-corrected chi connectivity index (χ4v) is 1.51. The van der Waals surface area contributed by atoms with Crippen LogP contribution in [-0.4, -0.2) is 5.91 Å². The summed E-state index contributed by atoms with van der Waals surface area (Å²) in [5, 5.41) is 2.61. The Labute approximate surface area is 104 Å². The number of benzene rings is 2. The molecule has 0 heterocycles. The van der Waals surface area contributed by atoms with Gasteiger partial charge in [0, 0.05) is 11.3 Å². The first-order valence-corrected chi connectivity index (χ1v) is 5.49. The van der Waals surface area contributed by atoms with Crippen LogP contribution in [0.1, 0.15) is 15.9 Å². The van der Waals surface area contributed by atoms with E-state index in [1.165, 1.54) is 12.1 Å². The van der Waals surface area contributed by atoms with E-state index in [-0.39, 0.29) is 11.6 Å². The minimum absolute atomic E-state index is 0.0586. The van der Waals surface area contributed by atoms with Crippen LogP contribution >= 0.6 is 0 Å². The van der Waals surface area contributed by atoms with Crippen molar-refractivity contribution >= 4 is 17.3 Å². The molecule has 0 spiro atoms. The van der Waals surface area contributed by atoms with Crippen LogP contribution in [0.25, 0.3) is 0 Å². The van der Waals surface area contributed by atoms with Gasteiger partial charge >= 0.3 is 0 Å². The third kappa shape index (κ3) is 2.66. The Kier molecular flexibility index (Phi) is 3.28. The average Bonchev–Trinajstić information content (AvgIpc) is 2.34. The van der Waals surface area contributed by atoms with Crippen LogP contribution < -0.4 is 11.1 Å². The third-order valence-electron chi connectivity index (χ3n) is 2.57. The van der Waals surface area contributed by atoms with Crippen molar-refractivity contribution in [3.63, 3.8) is 0 Å². The smallest absolute Gasteiger partial charge is 0.255 e. The molecule has 0 bridgehead atoms. The Hall–Kier alpha value is -2.36.